The van der Waals surface area contributed by atoms with E-state index in [1.807, 2.05) is 42.3 Å². The molecule has 0 saturated carbocycles. The number of hydrogen-bond acceptors (Lipinski definition) is 4. The molecule has 2 rings (SSSR count). The highest BCUT2D eigenvalue weighted by atomic mass is 16.4. The van der Waals surface area contributed by atoms with Crippen LogP contribution < -0.4 is 4.90 Å². The van der Waals surface area contributed by atoms with Crippen LogP contribution in [0.3, 0.4) is 0 Å². The Hall–Kier alpha value is -2.37. The number of carboxylic acids is 1. The summed E-state index contributed by atoms with van der Waals surface area (Å²) in [4.78, 5) is 16.6. The van der Waals surface area contributed by atoms with E-state index in [1.165, 1.54) is 4.68 Å². The van der Waals surface area contributed by atoms with Crippen molar-refractivity contribution >= 4 is 11.9 Å². The second-order valence-electron chi connectivity index (χ2n) is 4.01. The van der Waals surface area contributed by atoms with Crippen LogP contribution in [0.4, 0.5) is 5.95 Å². The monoisotopic (exact) mass is 246 g/mol. The number of carboxylic acid groups (broad SMARTS) is 1. The van der Waals surface area contributed by atoms with E-state index >= 15 is 0 Å². The maximum Gasteiger partial charge on any atom is 0.375 e. The molecule has 1 aromatic heterocycles. The fourth-order valence-corrected chi connectivity index (χ4v) is 1.73. The molecular formula is C12H14N4O2. The van der Waals surface area contributed by atoms with Crippen LogP contribution in [0.2, 0.25) is 0 Å². The molecule has 0 fully saturated rings. The predicted octanol–water partition coefficient (Wildman–Crippen LogP) is 1.15. The molecule has 0 radical (unpaired) electrons. The summed E-state index contributed by atoms with van der Waals surface area (Å²) in [6, 6.07) is 9.88. The van der Waals surface area contributed by atoms with Crippen LogP contribution in [0.15, 0.2) is 30.3 Å². The van der Waals surface area contributed by atoms with Crippen LogP contribution in [-0.4, -0.2) is 32.9 Å². The zero-order chi connectivity index (χ0) is 13.1. The number of rotatable bonds is 4. The first-order valence-corrected chi connectivity index (χ1v) is 5.47. The maximum atomic E-state index is 10.8. The minimum absolute atomic E-state index is 0.188. The topological polar surface area (TPSA) is 71.2 Å². The first kappa shape index (κ1) is 12.1. The van der Waals surface area contributed by atoms with Crippen LogP contribution in [0.5, 0.6) is 0 Å². The first-order chi connectivity index (χ1) is 8.58. The van der Waals surface area contributed by atoms with E-state index in [2.05, 4.69) is 10.1 Å². The Morgan fingerprint density at radius 1 is 1.39 bits per heavy atom. The van der Waals surface area contributed by atoms with Gasteiger partial charge in [-0.2, -0.15) is 4.98 Å². The van der Waals surface area contributed by atoms with Crippen molar-refractivity contribution in [1.82, 2.24) is 14.8 Å². The van der Waals surface area contributed by atoms with E-state index in [-0.39, 0.29) is 5.82 Å². The summed E-state index contributed by atoms with van der Waals surface area (Å²) in [5.74, 6) is -0.784. The zero-order valence-electron chi connectivity index (χ0n) is 10.2. The van der Waals surface area contributed by atoms with Crippen molar-refractivity contribution in [2.75, 3.05) is 11.9 Å². The molecule has 0 amide bonds. The van der Waals surface area contributed by atoms with Crippen molar-refractivity contribution in [1.29, 1.82) is 0 Å². The molecule has 94 valence electrons. The van der Waals surface area contributed by atoms with Gasteiger partial charge in [0, 0.05) is 20.6 Å². The van der Waals surface area contributed by atoms with Gasteiger partial charge in [-0.25, -0.2) is 9.48 Å². The SMILES string of the molecule is CN(Cc1ccccc1)c1nc(C(=O)O)nn1C. The van der Waals surface area contributed by atoms with Crippen LogP contribution in [-0.2, 0) is 13.6 Å². The Morgan fingerprint density at radius 3 is 2.61 bits per heavy atom. The van der Waals surface area contributed by atoms with E-state index in [4.69, 9.17) is 5.11 Å². The molecule has 1 aromatic carbocycles. The molecule has 0 aliphatic heterocycles. The quantitative estimate of drug-likeness (QED) is 0.876. The number of aryl methyl sites for hydroxylation is 1. The fourth-order valence-electron chi connectivity index (χ4n) is 1.73. The van der Waals surface area contributed by atoms with Crippen molar-refractivity contribution in [3.05, 3.63) is 41.7 Å². The lowest BCUT2D eigenvalue weighted by Crippen LogP contribution is -2.20. The van der Waals surface area contributed by atoms with Crippen molar-refractivity contribution < 1.29 is 9.90 Å². The normalized spacial score (nSPS) is 10.3. The van der Waals surface area contributed by atoms with Gasteiger partial charge in [0.05, 0.1) is 0 Å². The summed E-state index contributed by atoms with van der Waals surface area (Å²) in [6.07, 6.45) is 0. The van der Waals surface area contributed by atoms with E-state index in [0.717, 1.165) is 5.56 Å². The summed E-state index contributed by atoms with van der Waals surface area (Å²) in [5.41, 5.74) is 1.12. The van der Waals surface area contributed by atoms with Gasteiger partial charge in [-0.1, -0.05) is 30.3 Å². The lowest BCUT2D eigenvalue weighted by Gasteiger charge is -2.17. The standard InChI is InChI=1S/C12H14N4O2/c1-15(8-9-6-4-3-5-7-9)12-13-10(11(17)18)14-16(12)2/h3-7H,8H2,1-2H3,(H,17,18). The molecule has 6 nitrogen and oxygen atoms in total. The minimum atomic E-state index is -1.12. The first-order valence-electron chi connectivity index (χ1n) is 5.47. The molecule has 0 aliphatic carbocycles. The third-order valence-corrected chi connectivity index (χ3v) is 2.54. The highest BCUT2D eigenvalue weighted by molar-refractivity contribution is 5.83. The Balaban J connectivity index is 2.19. The van der Waals surface area contributed by atoms with E-state index < -0.39 is 5.97 Å². The smallest absolute Gasteiger partial charge is 0.375 e. The number of aromatic nitrogens is 3. The summed E-state index contributed by atoms with van der Waals surface area (Å²) in [6.45, 7) is 0.645. The van der Waals surface area contributed by atoms with Gasteiger partial charge < -0.3 is 10.0 Å². The predicted molar refractivity (Wildman–Crippen MR) is 66.5 cm³/mol. The van der Waals surface area contributed by atoms with Gasteiger partial charge >= 0.3 is 5.97 Å². The van der Waals surface area contributed by atoms with Crippen LogP contribution in [0.25, 0.3) is 0 Å². The minimum Gasteiger partial charge on any atom is -0.475 e. The molecule has 0 saturated heterocycles. The maximum absolute atomic E-state index is 10.8. The second kappa shape index (κ2) is 4.87. The van der Waals surface area contributed by atoms with Gasteiger partial charge in [0.15, 0.2) is 0 Å². The average molecular weight is 246 g/mol. The van der Waals surface area contributed by atoms with Gasteiger partial charge in [-0.05, 0) is 5.56 Å². The van der Waals surface area contributed by atoms with Gasteiger partial charge in [0.25, 0.3) is 5.82 Å². The third kappa shape index (κ3) is 2.48. The molecule has 1 heterocycles. The highest BCUT2D eigenvalue weighted by Gasteiger charge is 2.16. The summed E-state index contributed by atoms with van der Waals surface area (Å²) >= 11 is 0. The molecule has 0 unspecified atom stereocenters. The molecule has 6 heteroatoms. The van der Waals surface area contributed by atoms with Crippen molar-refractivity contribution in [2.45, 2.75) is 6.54 Å². The van der Waals surface area contributed by atoms with Crippen LogP contribution in [0.1, 0.15) is 16.2 Å². The summed E-state index contributed by atoms with van der Waals surface area (Å²) < 4.78 is 1.46. The average Bonchev–Trinajstić information content (AvgIpc) is 2.73. The molecule has 0 atom stereocenters. The molecule has 0 spiro atoms. The molecule has 0 bridgehead atoms. The molecule has 18 heavy (non-hydrogen) atoms. The Morgan fingerprint density at radius 2 is 2.06 bits per heavy atom. The van der Waals surface area contributed by atoms with E-state index in [1.54, 1.807) is 7.05 Å². The van der Waals surface area contributed by atoms with E-state index in [0.29, 0.717) is 12.5 Å². The third-order valence-electron chi connectivity index (χ3n) is 2.54. The number of carbonyl (C=O) groups is 1. The molecule has 2 aromatic rings. The number of benzene rings is 1. The Kier molecular flexibility index (Phi) is 3.27. The van der Waals surface area contributed by atoms with Gasteiger partial charge in [0.2, 0.25) is 5.95 Å². The zero-order valence-corrected chi connectivity index (χ0v) is 10.2. The lowest BCUT2D eigenvalue weighted by molar-refractivity contribution is 0.0683. The second-order valence-corrected chi connectivity index (χ2v) is 4.01. The Bertz CT molecular complexity index is 550. The van der Waals surface area contributed by atoms with Gasteiger partial charge in [-0.3, -0.25) is 0 Å². The largest absolute Gasteiger partial charge is 0.475 e. The fraction of sp³-hybridized carbons (Fsp3) is 0.250. The highest BCUT2D eigenvalue weighted by Crippen LogP contribution is 2.12. The lowest BCUT2D eigenvalue weighted by atomic mass is 10.2. The van der Waals surface area contributed by atoms with Crippen LogP contribution in [0, 0.1) is 0 Å². The van der Waals surface area contributed by atoms with Crippen molar-refractivity contribution in [3.63, 3.8) is 0 Å². The number of anilines is 1. The van der Waals surface area contributed by atoms with Gasteiger partial charge in [-0.15, -0.1) is 5.10 Å². The Labute approximate surface area is 104 Å². The summed E-state index contributed by atoms with van der Waals surface area (Å²) in [7, 11) is 3.53. The van der Waals surface area contributed by atoms with Crippen molar-refractivity contribution in [3.8, 4) is 0 Å². The van der Waals surface area contributed by atoms with Gasteiger partial charge in [0.1, 0.15) is 0 Å². The van der Waals surface area contributed by atoms with E-state index in [9.17, 15) is 4.79 Å². The number of hydrogen-bond donors (Lipinski definition) is 1. The van der Waals surface area contributed by atoms with Crippen molar-refractivity contribution in [2.24, 2.45) is 7.05 Å². The number of aromatic carboxylic acids is 1. The molecular weight excluding hydrogens is 232 g/mol. The molecule has 1 N–H and O–H groups in total. The number of nitrogens with zero attached hydrogens (tertiary/aromatic N) is 4. The van der Waals surface area contributed by atoms with Crippen LogP contribution >= 0.6 is 0 Å². The molecule has 0 aliphatic rings. The summed E-state index contributed by atoms with van der Waals surface area (Å²) in [5, 5.41) is 12.7.